The molecular formula is C35H19BrN4O. The molecule has 0 N–H and O–H groups in total. The summed E-state index contributed by atoms with van der Waals surface area (Å²) in [6.45, 7) is 0. The van der Waals surface area contributed by atoms with Gasteiger partial charge in [-0.2, -0.15) is 0 Å². The van der Waals surface area contributed by atoms with Crippen molar-refractivity contribution in [2.75, 3.05) is 0 Å². The van der Waals surface area contributed by atoms with Gasteiger partial charge in [-0.25, -0.2) is 15.0 Å². The molecule has 0 saturated carbocycles. The second-order valence-corrected chi connectivity index (χ2v) is 11.1. The Labute approximate surface area is 241 Å². The summed E-state index contributed by atoms with van der Waals surface area (Å²) in [5.41, 5.74) is 7.84. The lowest BCUT2D eigenvalue weighted by Crippen LogP contribution is -1.98. The Morgan fingerprint density at radius 2 is 1.39 bits per heavy atom. The van der Waals surface area contributed by atoms with Gasteiger partial charge in [0, 0.05) is 37.1 Å². The Hall–Kier alpha value is -5.07. The van der Waals surface area contributed by atoms with Crippen LogP contribution in [0, 0.1) is 0 Å². The number of aromatic nitrogens is 4. The highest BCUT2D eigenvalue weighted by Crippen LogP contribution is 2.41. The summed E-state index contributed by atoms with van der Waals surface area (Å²) in [7, 11) is 0. The second-order valence-electron chi connectivity index (χ2n) is 10.2. The number of nitrogens with zero attached hydrogens (tertiary/aromatic N) is 4. The van der Waals surface area contributed by atoms with E-state index in [0.29, 0.717) is 11.5 Å². The second kappa shape index (κ2) is 8.46. The van der Waals surface area contributed by atoms with Gasteiger partial charge in [0.25, 0.3) is 0 Å². The minimum atomic E-state index is 0.635. The van der Waals surface area contributed by atoms with Gasteiger partial charge in [-0.1, -0.05) is 101 Å². The third-order valence-corrected chi connectivity index (χ3v) is 8.35. The van der Waals surface area contributed by atoms with Crippen LogP contribution >= 0.6 is 15.9 Å². The summed E-state index contributed by atoms with van der Waals surface area (Å²) in [5.74, 6) is 0.635. The van der Waals surface area contributed by atoms with Crippen molar-refractivity contribution in [3.63, 3.8) is 0 Å². The zero-order chi connectivity index (χ0) is 27.1. The van der Waals surface area contributed by atoms with Gasteiger partial charge in [0.1, 0.15) is 28.0 Å². The van der Waals surface area contributed by atoms with Crippen LogP contribution < -0.4 is 0 Å². The third-order valence-electron chi connectivity index (χ3n) is 7.86. The molecule has 0 radical (unpaired) electrons. The number of para-hydroxylation sites is 2. The van der Waals surface area contributed by atoms with Gasteiger partial charge in [0.15, 0.2) is 11.5 Å². The number of imidazole rings is 1. The number of hydrogen-bond acceptors (Lipinski definition) is 4. The van der Waals surface area contributed by atoms with Crippen molar-refractivity contribution in [3.05, 3.63) is 120 Å². The smallest absolute Gasteiger partial charge is 0.183 e. The molecular weight excluding hydrogens is 572 g/mol. The van der Waals surface area contributed by atoms with E-state index in [1.54, 1.807) is 0 Å². The normalized spacial score (nSPS) is 12.0. The molecule has 0 aliphatic heterocycles. The Balaban J connectivity index is 1.54. The number of benzene rings is 5. The Bertz CT molecular complexity index is 2500. The van der Waals surface area contributed by atoms with Crippen molar-refractivity contribution in [1.29, 1.82) is 0 Å². The molecule has 0 saturated heterocycles. The molecule has 4 aromatic heterocycles. The molecule has 0 aliphatic carbocycles. The maximum absolute atomic E-state index is 6.28. The first-order valence-corrected chi connectivity index (χ1v) is 14.2. The average molecular weight is 591 g/mol. The summed E-state index contributed by atoms with van der Waals surface area (Å²) >= 11 is 3.69. The topological polar surface area (TPSA) is 56.2 Å². The Kier molecular flexibility index (Phi) is 4.69. The van der Waals surface area contributed by atoms with Gasteiger partial charge in [0.2, 0.25) is 0 Å². The molecule has 0 bridgehead atoms. The van der Waals surface area contributed by atoms with Gasteiger partial charge in [-0.15, -0.1) is 0 Å². The molecule has 0 aliphatic rings. The predicted octanol–water partition coefficient (Wildman–Crippen LogP) is 9.58. The highest BCUT2D eigenvalue weighted by Gasteiger charge is 2.23. The van der Waals surface area contributed by atoms with Crippen LogP contribution in [0.1, 0.15) is 0 Å². The van der Waals surface area contributed by atoms with Crippen LogP contribution in [0.4, 0.5) is 0 Å². The van der Waals surface area contributed by atoms with Crippen molar-refractivity contribution in [2.24, 2.45) is 0 Å². The van der Waals surface area contributed by atoms with E-state index in [-0.39, 0.29) is 0 Å². The molecule has 4 heterocycles. The van der Waals surface area contributed by atoms with Crippen LogP contribution in [0.2, 0.25) is 0 Å². The lowest BCUT2D eigenvalue weighted by molar-refractivity contribution is 0.669. The zero-order valence-electron chi connectivity index (χ0n) is 21.5. The number of furan rings is 1. The average Bonchev–Trinajstić information content (AvgIpc) is 3.60. The van der Waals surface area contributed by atoms with Crippen LogP contribution in [0.3, 0.4) is 0 Å². The molecule has 9 aromatic rings. The summed E-state index contributed by atoms with van der Waals surface area (Å²) in [6, 6.07) is 39.3. The summed E-state index contributed by atoms with van der Waals surface area (Å²) < 4.78 is 9.51. The van der Waals surface area contributed by atoms with E-state index in [1.807, 2.05) is 60.7 Å². The van der Waals surface area contributed by atoms with E-state index in [2.05, 4.69) is 74.9 Å². The van der Waals surface area contributed by atoms with Crippen molar-refractivity contribution in [3.8, 4) is 22.6 Å². The first kappa shape index (κ1) is 22.7. The van der Waals surface area contributed by atoms with E-state index in [9.17, 15) is 0 Å². The monoisotopic (exact) mass is 590 g/mol. The standard InChI is InChI=1S/C35H19BrN4O/c36-21-17-18-22-23-11-4-6-14-27(23)40-32-31(25-13-8-16-29-30(25)24-12-5-7-15-28(24)41-29)37-33(20-9-2-1-3-10-20)38-34(32)39-35(40)26(22)19-21/h1-19H. The van der Waals surface area contributed by atoms with Gasteiger partial charge < -0.3 is 4.42 Å². The molecule has 0 fully saturated rings. The van der Waals surface area contributed by atoms with Crippen LogP contribution in [0.15, 0.2) is 124 Å². The molecule has 5 aromatic carbocycles. The van der Waals surface area contributed by atoms with Crippen molar-refractivity contribution < 1.29 is 4.42 Å². The summed E-state index contributed by atoms with van der Waals surface area (Å²) in [4.78, 5) is 15.5. The van der Waals surface area contributed by atoms with Crippen LogP contribution in [0.25, 0.3) is 83.1 Å². The molecule has 5 nitrogen and oxygen atoms in total. The van der Waals surface area contributed by atoms with E-state index in [4.69, 9.17) is 19.4 Å². The van der Waals surface area contributed by atoms with Gasteiger partial charge >= 0.3 is 0 Å². The lowest BCUT2D eigenvalue weighted by atomic mass is 10.0. The van der Waals surface area contributed by atoms with Crippen molar-refractivity contribution in [1.82, 2.24) is 19.4 Å². The van der Waals surface area contributed by atoms with Gasteiger partial charge in [0.05, 0.1) is 5.52 Å². The maximum Gasteiger partial charge on any atom is 0.183 e. The largest absolute Gasteiger partial charge is 0.456 e. The number of fused-ring (bicyclic) bond motifs is 11. The molecule has 6 heteroatoms. The molecule has 0 unspecified atom stereocenters. The minimum Gasteiger partial charge on any atom is -0.456 e. The van der Waals surface area contributed by atoms with Gasteiger partial charge in [-0.05, 0) is 35.7 Å². The third kappa shape index (κ3) is 3.25. The fraction of sp³-hybridized carbons (Fsp3) is 0. The Morgan fingerprint density at radius 1 is 0.610 bits per heavy atom. The number of rotatable bonds is 2. The first-order chi connectivity index (χ1) is 20.2. The molecule has 0 amide bonds. The molecule has 9 rings (SSSR count). The van der Waals surface area contributed by atoms with Crippen LogP contribution in [0.5, 0.6) is 0 Å². The highest BCUT2D eigenvalue weighted by atomic mass is 79.9. The van der Waals surface area contributed by atoms with E-state index in [1.165, 1.54) is 0 Å². The van der Waals surface area contributed by atoms with E-state index in [0.717, 1.165) is 76.1 Å². The fourth-order valence-electron chi connectivity index (χ4n) is 6.11. The fourth-order valence-corrected chi connectivity index (χ4v) is 6.47. The minimum absolute atomic E-state index is 0.635. The quantitative estimate of drug-likeness (QED) is 0.188. The first-order valence-electron chi connectivity index (χ1n) is 13.4. The zero-order valence-corrected chi connectivity index (χ0v) is 23.1. The number of pyridine rings is 1. The van der Waals surface area contributed by atoms with Crippen LogP contribution in [-0.4, -0.2) is 19.4 Å². The molecule has 41 heavy (non-hydrogen) atoms. The van der Waals surface area contributed by atoms with Gasteiger partial charge in [-0.3, -0.25) is 4.40 Å². The SMILES string of the molecule is Brc1ccc2c3ccccc3n3c(nc4nc(-c5ccccc5)nc(-c5cccc6oc7ccccc7c56)c43)c2c1. The molecule has 0 spiro atoms. The Morgan fingerprint density at radius 3 is 2.29 bits per heavy atom. The van der Waals surface area contributed by atoms with Crippen LogP contribution in [-0.2, 0) is 0 Å². The number of hydrogen-bond donors (Lipinski definition) is 0. The van der Waals surface area contributed by atoms with E-state index >= 15 is 0 Å². The van der Waals surface area contributed by atoms with Crippen molar-refractivity contribution >= 4 is 76.4 Å². The predicted molar refractivity (Wildman–Crippen MR) is 169 cm³/mol. The maximum atomic E-state index is 6.28. The molecule has 192 valence electrons. The highest BCUT2D eigenvalue weighted by molar-refractivity contribution is 9.10. The number of halogens is 1. The van der Waals surface area contributed by atoms with Crippen molar-refractivity contribution in [2.45, 2.75) is 0 Å². The summed E-state index contributed by atoms with van der Waals surface area (Å²) in [6.07, 6.45) is 0. The van der Waals surface area contributed by atoms with E-state index < -0.39 is 0 Å². The lowest BCUT2D eigenvalue weighted by Gasteiger charge is -2.12. The molecule has 0 atom stereocenters. The summed E-state index contributed by atoms with van der Waals surface area (Å²) in [5, 5.41) is 5.43.